The van der Waals surface area contributed by atoms with Crippen molar-refractivity contribution < 1.29 is 20.4 Å². The van der Waals surface area contributed by atoms with Gasteiger partial charge < -0.3 is 26.2 Å². The summed E-state index contributed by atoms with van der Waals surface area (Å²) in [5.41, 5.74) is 5.00. The molecule has 0 amide bonds. The summed E-state index contributed by atoms with van der Waals surface area (Å²) in [5.74, 6) is 0. The van der Waals surface area contributed by atoms with E-state index in [9.17, 15) is 4.91 Å². The molecule has 4 atom stereocenters. The largest absolute Gasteiger partial charge is 0.394 e. The van der Waals surface area contributed by atoms with E-state index >= 15 is 0 Å². The van der Waals surface area contributed by atoms with Crippen LogP contribution in [0.2, 0.25) is 0 Å². The van der Waals surface area contributed by atoms with Gasteiger partial charge in [0.05, 0.1) is 12.7 Å². The molecule has 0 radical (unpaired) electrons. The lowest BCUT2D eigenvalue weighted by atomic mass is 10.0. The van der Waals surface area contributed by atoms with E-state index in [1.165, 1.54) is 0 Å². The third kappa shape index (κ3) is 3.33. The van der Waals surface area contributed by atoms with Crippen LogP contribution in [0.4, 0.5) is 0 Å². The molecule has 0 rings (SSSR count). The molecule has 78 valence electrons. The van der Waals surface area contributed by atoms with Gasteiger partial charge in [0, 0.05) is 6.54 Å². The van der Waals surface area contributed by atoms with Crippen LogP contribution in [-0.2, 0) is 0 Å². The van der Waals surface area contributed by atoms with Gasteiger partial charge >= 0.3 is 0 Å². The minimum absolute atomic E-state index is 0.255. The first-order valence-electron chi connectivity index (χ1n) is 3.76. The number of aliphatic hydroxyl groups is 4. The smallest absolute Gasteiger partial charge is 0.143 e. The minimum atomic E-state index is -1.61. The average Bonchev–Trinajstić information content (AvgIpc) is 2.17. The van der Waals surface area contributed by atoms with E-state index in [-0.39, 0.29) is 6.54 Å². The number of aliphatic hydroxyl groups excluding tert-OH is 4. The van der Waals surface area contributed by atoms with Gasteiger partial charge in [0.15, 0.2) is 0 Å². The molecule has 6 N–H and O–H groups in total. The number of hydrogen-bond acceptors (Lipinski definition) is 7. The van der Waals surface area contributed by atoms with Crippen molar-refractivity contribution in [3.05, 3.63) is 4.91 Å². The maximum Gasteiger partial charge on any atom is 0.143 e. The summed E-state index contributed by atoms with van der Waals surface area (Å²) in [7, 11) is 0. The Labute approximate surface area is 74.8 Å². The van der Waals surface area contributed by atoms with Crippen LogP contribution in [0.25, 0.3) is 0 Å². The van der Waals surface area contributed by atoms with Gasteiger partial charge in [-0.1, -0.05) is 5.18 Å². The van der Waals surface area contributed by atoms with Gasteiger partial charge in [0.2, 0.25) is 0 Å². The Morgan fingerprint density at radius 3 is 2.08 bits per heavy atom. The first-order valence-corrected chi connectivity index (χ1v) is 3.76. The molecular weight excluding hydrogens is 180 g/mol. The normalized spacial score (nSPS) is 20.4. The van der Waals surface area contributed by atoms with E-state index in [0.29, 0.717) is 0 Å². The lowest BCUT2D eigenvalue weighted by Gasteiger charge is -2.23. The fourth-order valence-corrected chi connectivity index (χ4v) is 0.798. The Hall–Kier alpha value is -0.600. The third-order valence-corrected chi connectivity index (χ3v) is 1.70. The maximum absolute atomic E-state index is 10.00. The average molecular weight is 194 g/mol. The first-order chi connectivity index (χ1) is 6.08. The second kappa shape index (κ2) is 5.95. The SMILES string of the molecule is NCC(O)[C@H](O)C(O)[C@@H](CO)N=O. The molecule has 0 saturated heterocycles. The van der Waals surface area contributed by atoms with E-state index < -0.39 is 31.0 Å². The minimum Gasteiger partial charge on any atom is -0.394 e. The molecule has 0 aromatic heterocycles. The zero-order valence-corrected chi connectivity index (χ0v) is 6.95. The summed E-state index contributed by atoms with van der Waals surface area (Å²) in [6, 6.07) is -1.35. The zero-order chi connectivity index (χ0) is 10.4. The fraction of sp³-hybridized carbons (Fsp3) is 1.00. The monoisotopic (exact) mass is 194 g/mol. The standard InChI is InChI=1S/C6H14N2O5/c7-1-4(10)6(12)5(11)3(2-9)8-13/h3-6,9-12H,1-2,7H2/t3-,4?,5?,6+/m1/s1. The number of nitroso groups, excluding NO2 is 1. The van der Waals surface area contributed by atoms with Crippen molar-refractivity contribution >= 4 is 0 Å². The number of nitrogens with zero attached hydrogens (tertiary/aromatic N) is 1. The Balaban J connectivity index is 4.21. The highest BCUT2D eigenvalue weighted by Gasteiger charge is 2.31. The molecular formula is C6H14N2O5. The van der Waals surface area contributed by atoms with Crippen molar-refractivity contribution in [2.24, 2.45) is 10.9 Å². The van der Waals surface area contributed by atoms with E-state index in [1.807, 2.05) is 0 Å². The molecule has 0 aromatic carbocycles. The summed E-state index contributed by atoms with van der Waals surface area (Å²) in [4.78, 5) is 10.00. The van der Waals surface area contributed by atoms with Gasteiger partial charge in [0.1, 0.15) is 18.2 Å². The van der Waals surface area contributed by atoms with Crippen molar-refractivity contribution in [2.75, 3.05) is 13.2 Å². The van der Waals surface area contributed by atoms with Gasteiger partial charge in [0.25, 0.3) is 0 Å². The third-order valence-electron chi connectivity index (χ3n) is 1.70. The molecule has 0 heterocycles. The summed E-state index contributed by atoms with van der Waals surface area (Å²) >= 11 is 0. The Kier molecular flexibility index (Phi) is 5.67. The lowest BCUT2D eigenvalue weighted by molar-refractivity contribution is -0.0689. The molecule has 13 heavy (non-hydrogen) atoms. The van der Waals surface area contributed by atoms with Crippen molar-refractivity contribution in [2.45, 2.75) is 24.4 Å². The maximum atomic E-state index is 10.00. The topological polar surface area (TPSA) is 136 Å². The summed E-state index contributed by atoms with van der Waals surface area (Å²) in [6.07, 6.45) is -4.54. The molecule has 0 aromatic rings. The van der Waals surface area contributed by atoms with Crippen molar-refractivity contribution in [1.82, 2.24) is 0 Å². The van der Waals surface area contributed by atoms with Crippen molar-refractivity contribution in [1.29, 1.82) is 0 Å². The molecule has 0 saturated carbocycles. The second-order valence-corrected chi connectivity index (χ2v) is 2.64. The van der Waals surface area contributed by atoms with Crippen LogP contribution in [0.1, 0.15) is 0 Å². The number of nitrogens with two attached hydrogens (primary N) is 1. The molecule has 0 aliphatic carbocycles. The van der Waals surface area contributed by atoms with Gasteiger partial charge in [-0.25, -0.2) is 0 Å². The first kappa shape index (κ1) is 12.4. The number of rotatable bonds is 6. The van der Waals surface area contributed by atoms with Gasteiger partial charge in [-0.2, -0.15) is 4.91 Å². The van der Waals surface area contributed by atoms with Crippen LogP contribution < -0.4 is 5.73 Å². The molecule has 0 spiro atoms. The van der Waals surface area contributed by atoms with Gasteiger partial charge in [-0.15, -0.1) is 0 Å². The zero-order valence-electron chi connectivity index (χ0n) is 6.95. The highest BCUT2D eigenvalue weighted by molar-refractivity contribution is 4.84. The highest BCUT2D eigenvalue weighted by atomic mass is 16.4. The lowest BCUT2D eigenvalue weighted by Crippen LogP contribution is -2.47. The van der Waals surface area contributed by atoms with Gasteiger partial charge in [-0.05, 0) is 0 Å². The fourth-order valence-electron chi connectivity index (χ4n) is 0.798. The van der Waals surface area contributed by atoms with E-state index in [2.05, 4.69) is 5.18 Å². The second-order valence-electron chi connectivity index (χ2n) is 2.64. The molecule has 0 aliphatic rings. The Bertz CT molecular complexity index is 156. The van der Waals surface area contributed by atoms with E-state index in [0.717, 1.165) is 0 Å². The van der Waals surface area contributed by atoms with Gasteiger partial charge in [-0.3, -0.25) is 0 Å². The van der Waals surface area contributed by atoms with Crippen LogP contribution in [0.15, 0.2) is 5.18 Å². The summed E-state index contributed by atoms with van der Waals surface area (Å²) in [6.45, 7) is -0.950. The highest BCUT2D eigenvalue weighted by Crippen LogP contribution is 2.06. The number of hydrogen-bond donors (Lipinski definition) is 5. The predicted molar refractivity (Wildman–Crippen MR) is 43.7 cm³/mol. The van der Waals surface area contributed by atoms with E-state index in [1.54, 1.807) is 0 Å². The molecule has 0 bridgehead atoms. The summed E-state index contributed by atoms with van der Waals surface area (Å²) < 4.78 is 0. The molecule has 7 heteroatoms. The van der Waals surface area contributed by atoms with Crippen LogP contribution in [-0.4, -0.2) is 57.9 Å². The van der Waals surface area contributed by atoms with Crippen LogP contribution in [0.3, 0.4) is 0 Å². The molecule has 7 nitrogen and oxygen atoms in total. The summed E-state index contributed by atoms with van der Waals surface area (Å²) in [5, 5.41) is 38.2. The molecule has 0 fully saturated rings. The van der Waals surface area contributed by atoms with Crippen LogP contribution in [0.5, 0.6) is 0 Å². The van der Waals surface area contributed by atoms with Crippen molar-refractivity contribution in [3.63, 3.8) is 0 Å². The van der Waals surface area contributed by atoms with Crippen LogP contribution in [0, 0.1) is 4.91 Å². The Morgan fingerprint density at radius 1 is 1.23 bits per heavy atom. The molecule has 0 aliphatic heterocycles. The molecule has 2 unspecified atom stereocenters. The predicted octanol–water partition coefficient (Wildman–Crippen LogP) is -2.84. The Morgan fingerprint density at radius 2 is 1.77 bits per heavy atom. The van der Waals surface area contributed by atoms with Crippen molar-refractivity contribution in [3.8, 4) is 0 Å². The van der Waals surface area contributed by atoms with E-state index in [4.69, 9.17) is 26.2 Å². The van der Waals surface area contributed by atoms with Crippen LogP contribution >= 0.6 is 0 Å². The quantitative estimate of drug-likeness (QED) is 0.289.